The number of nitrogens with one attached hydrogen (secondary N) is 2. The number of pyridine rings is 3. The van der Waals surface area contributed by atoms with Gasteiger partial charge in [-0.1, -0.05) is 25.1 Å². The van der Waals surface area contributed by atoms with Crippen LogP contribution in [0.1, 0.15) is 88.5 Å². The van der Waals surface area contributed by atoms with Gasteiger partial charge in [0.1, 0.15) is 17.2 Å². The van der Waals surface area contributed by atoms with E-state index in [1.54, 1.807) is 7.11 Å². The number of aromatic nitrogens is 3. The Hall–Kier alpha value is -6.36. The maximum absolute atomic E-state index is 13.8. The second-order valence-corrected chi connectivity index (χ2v) is 19.6. The van der Waals surface area contributed by atoms with Gasteiger partial charge in [0.2, 0.25) is 5.91 Å². The fourth-order valence-electron chi connectivity index (χ4n) is 10.7. The number of H-pyrrole nitrogens is 1. The second kappa shape index (κ2) is 23.2. The van der Waals surface area contributed by atoms with Crippen molar-refractivity contribution in [3.8, 4) is 11.5 Å². The zero-order valence-electron chi connectivity index (χ0n) is 41.7. The molecule has 0 spiro atoms. The van der Waals surface area contributed by atoms with Gasteiger partial charge in [-0.15, -0.1) is 0 Å². The molecule has 1 unspecified atom stereocenters. The smallest absolute Gasteiger partial charge is 0.272 e. The van der Waals surface area contributed by atoms with E-state index in [0.717, 1.165) is 148 Å². The van der Waals surface area contributed by atoms with Crippen LogP contribution in [0.4, 0.5) is 5.69 Å². The quantitative estimate of drug-likeness (QED) is 0.130. The summed E-state index contributed by atoms with van der Waals surface area (Å²) in [5.41, 5.74) is 7.69. The summed E-state index contributed by atoms with van der Waals surface area (Å²) < 4.78 is 11.2. The number of aromatic amines is 1. The number of amides is 3. The SMILES string of the molecule is CCOc1cc(OC)ccc1CNCC(=O)N1CCCC(c2cccc(C(=O)N3CCN(CC4CCN(C(=O)c5ccc(N6CCN(Cc7cnc8cc(CC)c(=O)[nH]c8c7)CC6)cn5)CC4)CC3)c2)C1. The van der Waals surface area contributed by atoms with E-state index in [1.165, 1.54) is 0 Å². The third kappa shape index (κ3) is 12.2. The van der Waals surface area contributed by atoms with E-state index >= 15 is 0 Å². The number of hydrogen-bond donors (Lipinski definition) is 2. The van der Waals surface area contributed by atoms with Gasteiger partial charge in [0.15, 0.2) is 0 Å². The molecule has 3 aromatic heterocycles. The third-order valence-corrected chi connectivity index (χ3v) is 14.9. The van der Waals surface area contributed by atoms with Crippen LogP contribution in [-0.4, -0.2) is 163 Å². The van der Waals surface area contributed by atoms with Crippen molar-refractivity contribution in [3.63, 3.8) is 0 Å². The van der Waals surface area contributed by atoms with Gasteiger partial charge in [0.25, 0.3) is 17.4 Å². The normalized spacial score (nSPS) is 18.5. The molecule has 4 aliphatic rings. The Bertz CT molecular complexity index is 2690. The molecule has 2 aromatic carbocycles. The van der Waals surface area contributed by atoms with Gasteiger partial charge in [-0.3, -0.25) is 34.0 Å². The van der Waals surface area contributed by atoms with Crippen LogP contribution in [0.15, 0.2) is 83.9 Å². The van der Waals surface area contributed by atoms with Gasteiger partial charge in [-0.2, -0.15) is 0 Å². The molecule has 9 rings (SSSR count). The highest BCUT2D eigenvalue weighted by molar-refractivity contribution is 5.94. The molecule has 16 nitrogen and oxygen atoms in total. The van der Waals surface area contributed by atoms with Crippen molar-refractivity contribution in [1.29, 1.82) is 0 Å². The minimum Gasteiger partial charge on any atom is -0.497 e. The van der Waals surface area contributed by atoms with E-state index in [2.05, 4.69) is 41.0 Å². The predicted octanol–water partition coefficient (Wildman–Crippen LogP) is 5.42. The van der Waals surface area contributed by atoms with Crippen molar-refractivity contribution in [3.05, 3.63) is 123 Å². The summed E-state index contributed by atoms with van der Waals surface area (Å²) >= 11 is 0. The Morgan fingerprint density at radius 2 is 1.55 bits per heavy atom. The molecule has 71 heavy (non-hydrogen) atoms. The number of carbonyl (C=O) groups excluding carboxylic acids is 3. The number of nitrogens with zero attached hydrogens (tertiary/aromatic N) is 8. The summed E-state index contributed by atoms with van der Waals surface area (Å²) in [5, 5.41) is 3.32. The van der Waals surface area contributed by atoms with Crippen molar-refractivity contribution < 1.29 is 23.9 Å². The largest absolute Gasteiger partial charge is 0.497 e. The average molecular weight is 967 g/mol. The lowest BCUT2D eigenvalue weighted by molar-refractivity contribution is -0.131. The van der Waals surface area contributed by atoms with E-state index in [1.807, 2.05) is 102 Å². The van der Waals surface area contributed by atoms with E-state index in [4.69, 9.17) is 9.47 Å². The summed E-state index contributed by atoms with van der Waals surface area (Å²) in [5.74, 6) is 2.30. The lowest BCUT2D eigenvalue weighted by Gasteiger charge is -2.39. The Labute approximate surface area is 417 Å². The van der Waals surface area contributed by atoms with Crippen LogP contribution >= 0.6 is 0 Å². The number of fused-ring (bicyclic) bond motifs is 1. The maximum atomic E-state index is 13.8. The molecular weight excluding hydrogens is 897 g/mol. The minimum absolute atomic E-state index is 0.00689. The Kier molecular flexibility index (Phi) is 16.2. The first-order chi connectivity index (χ1) is 34.6. The zero-order valence-corrected chi connectivity index (χ0v) is 41.7. The van der Waals surface area contributed by atoms with Crippen molar-refractivity contribution in [2.24, 2.45) is 5.92 Å². The van der Waals surface area contributed by atoms with Gasteiger partial charge in [0.05, 0.1) is 43.2 Å². The van der Waals surface area contributed by atoms with Gasteiger partial charge >= 0.3 is 0 Å². The molecule has 376 valence electrons. The molecule has 4 saturated heterocycles. The molecule has 0 bridgehead atoms. The standard InChI is InChI=1S/C55H70N10O6/c1-4-41-30-49-50(59-53(41)67)28-40(32-57-49)37-61-20-24-62(25-21-61)46-12-14-48(58-34-46)55(69)63-18-15-39(16-19-63)36-60-22-26-64(27-23-60)54(68)43-9-6-8-42(29-43)45-10-7-17-65(38-45)52(66)35-56-33-44-11-13-47(70-3)31-51(44)71-5-2/h6,8-9,11-14,28-32,34,39,45,56H,4-5,7,10,15-27,33,35-38H2,1-3H3,(H,59,67). The van der Waals surface area contributed by atoms with Crippen molar-refractivity contribution in [2.45, 2.75) is 65.0 Å². The number of benzene rings is 2. The summed E-state index contributed by atoms with van der Waals surface area (Å²) in [7, 11) is 1.63. The lowest BCUT2D eigenvalue weighted by Crippen LogP contribution is -2.50. The van der Waals surface area contributed by atoms with Crippen molar-refractivity contribution in [1.82, 2.24) is 44.8 Å². The number of piperazine rings is 2. The third-order valence-electron chi connectivity index (χ3n) is 14.9. The Balaban J connectivity index is 0.676. The summed E-state index contributed by atoms with van der Waals surface area (Å²) in [6.45, 7) is 16.3. The van der Waals surface area contributed by atoms with Crippen LogP contribution in [0, 0.1) is 5.92 Å². The molecule has 1 atom stereocenters. The van der Waals surface area contributed by atoms with E-state index in [0.29, 0.717) is 56.4 Å². The van der Waals surface area contributed by atoms with E-state index < -0.39 is 0 Å². The summed E-state index contributed by atoms with van der Waals surface area (Å²) in [6, 6.07) is 21.6. The Morgan fingerprint density at radius 3 is 2.30 bits per heavy atom. The predicted molar refractivity (Wildman–Crippen MR) is 275 cm³/mol. The monoisotopic (exact) mass is 967 g/mol. The molecule has 0 radical (unpaired) electrons. The highest BCUT2D eigenvalue weighted by Gasteiger charge is 2.30. The number of ether oxygens (including phenoxy) is 2. The molecule has 2 N–H and O–H groups in total. The highest BCUT2D eigenvalue weighted by atomic mass is 16.5. The summed E-state index contributed by atoms with van der Waals surface area (Å²) in [4.78, 5) is 78.4. The van der Waals surface area contributed by atoms with Crippen molar-refractivity contribution >= 4 is 34.4 Å². The number of carbonyl (C=O) groups is 3. The van der Waals surface area contributed by atoms with Crippen LogP contribution in [0.2, 0.25) is 0 Å². The first-order valence-electron chi connectivity index (χ1n) is 25.8. The number of piperidine rings is 2. The van der Waals surface area contributed by atoms with Gasteiger partial charge < -0.3 is 39.4 Å². The molecular formula is C55H70N10O6. The molecule has 0 saturated carbocycles. The summed E-state index contributed by atoms with van der Waals surface area (Å²) in [6.07, 6.45) is 8.23. The van der Waals surface area contributed by atoms with E-state index in [9.17, 15) is 19.2 Å². The topological polar surface area (TPSA) is 160 Å². The van der Waals surface area contributed by atoms with Gasteiger partial charge in [-0.05, 0) is 98.5 Å². The molecule has 5 aromatic rings. The van der Waals surface area contributed by atoms with Crippen LogP contribution in [0.3, 0.4) is 0 Å². The minimum atomic E-state index is -0.0447. The number of aryl methyl sites for hydroxylation is 1. The second-order valence-electron chi connectivity index (χ2n) is 19.6. The first kappa shape index (κ1) is 49.6. The molecule has 0 aliphatic carbocycles. The maximum Gasteiger partial charge on any atom is 0.272 e. The first-order valence-corrected chi connectivity index (χ1v) is 25.8. The lowest BCUT2D eigenvalue weighted by atomic mass is 9.89. The zero-order chi connectivity index (χ0) is 49.3. The fraction of sp³-hybridized carbons (Fsp3) is 0.491. The molecule has 3 amide bonds. The number of rotatable bonds is 16. The average Bonchev–Trinajstić information content (AvgIpc) is 3.41. The number of anilines is 1. The molecule has 7 heterocycles. The number of methoxy groups -OCH3 is 1. The number of likely N-dealkylation sites (tertiary alicyclic amines) is 2. The van der Waals surface area contributed by atoms with E-state index in [-0.39, 0.29) is 35.7 Å². The molecule has 4 aliphatic heterocycles. The van der Waals surface area contributed by atoms with Crippen LogP contribution in [-0.2, 0) is 24.3 Å². The van der Waals surface area contributed by atoms with Crippen molar-refractivity contribution in [2.75, 3.05) is 110 Å². The van der Waals surface area contributed by atoms with Crippen LogP contribution < -0.4 is 25.2 Å². The highest BCUT2D eigenvalue weighted by Crippen LogP contribution is 2.29. The molecule has 4 fully saturated rings. The van der Waals surface area contributed by atoms with Gasteiger partial charge in [0, 0.05) is 133 Å². The Morgan fingerprint density at radius 1 is 0.761 bits per heavy atom. The molecule has 16 heteroatoms. The number of hydrogen-bond acceptors (Lipinski definition) is 12. The fourth-order valence-corrected chi connectivity index (χ4v) is 10.7. The van der Waals surface area contributed by atoms with Crippen LogP contribution in [0.25, 0.3) is 11.0 Å². The van der Waals surface area contributed by atoms with Gasteiger partial charge in [-0.25, -0.2) is 4.98 Å². The van der Waals surface area contributed by atoms with Crippen LogP contribution in [0.5, 0.6) is 11.5 Å².